The van der Waals surface area contributed by atoms with Crippen LogP contribution in [0.3, 0.4) is 0 Å². The Morgan fingerprint density at radius 1 is 1.12 bits per heavy atom. The molecule has 1 aliphatic rings. The molecular weight excluding hydrogens is 522 g/mol. The second kappa shape index (κ2) is 12.5. The van der Waals surface area contributed by atoms with Crippen molar-refractivity contribution in [1.29, 1.82) is 5.26 Å². The van der Waals surface area contributed by atoms with Gasteiger partial charge in [0, 0.05) is 76.9 Å². The molecule has 0 spiro atoms. The van der Waals surface area contributed by atoms with Gasteiger partial charge in [0.25, 0.3) is 0 Å². The molecule has 1 saturated heterocycles. The van der Waals surface area contributed by atoms with Gasteiger partial charge in [-0.3, -0.25) is 4.90 Å². The number of carbonyl (C=O) groups excluding carboxylic acids is 1. The van der Waals surface area contributed by atoms with Crippen molar-refractivity contribution in [2.45, 2.75) is 71.3 Å². The van der Waals surface area contributed by atoms with Crippen LogP contribution in [0.5, 0.6) is 0 Å². The molecule has 1 amide bonds. The molecule has 0 radical (unpaired) electrons. The minimum absolute atomic E-state index is 0.00600. The Morgan fingerprint density at radius 2 is 1.88 bits per heavy atom. The van der Waals surface area contributed by atoms with Crippen LogP contribution in [-0.4, -0.2) is 88.0 Å². The second-order valence-corrected chi connectivity index (χ2v) is 18.3. The number of nitrogens with zero attached hydrogens (tertiary/aromatic N) is 7. The first-order valence-corrected chi connectivity index (χ1v) is 17.8. The zero-order valence-electron chi connectivity index (χ0n) is 24.8. The SMILES string of the molecule is CC(C)(C)OC(=O)N1CCN(CC(CC#N)n2ccc(-c3ncnc4c3ccn4COCC[Si](C)(C)C)c2)CC1. The fourth-order valence-electron chi connectivity index (χ4n) is 4.77. The van der Waals surface area contributed by atoms with Crippen LogP contribution in [-0.2, 0) is 16.2 Å². The molecule has 3 aromatic rings. The average molecular weight is 566 g/mol. The summed E-state index contributed by atoms with van der Waals surface area (Å²) in [6, 6.07) is 7.57. The number of aromatic nitrogens is 4. The lowest BCUT2D eigenvalue weighted by Gasteiger charge is -2.37. The van der Waals surface area contributed by atoms with E-state index in [9.17, 15) is 10.1 Å². The maximum Gasteiger partial charge on any atom is 0.410 e. The largest absolute Gasteiger partial charge is 0.444 e. The zero-order chi connectivity index (χ0) is 28.9. The number of fused-ring (bicyclic) bond motifs is 1. The van der Waals surface area contributed by atoms with Crippen molar-refractivity contribution in [3.63, 3.8) is 0 Å². The Labute approximate surface area is 238 Å². The van der Waals surface area contributed by atoms with Crippen molar-refractivity contribution in [2.75, 3.05) is 39.3 Å². The number of ether oxygens (including phenoxy) is 2. The number of nitriles is 1. The highest BCUT2D eigenvalue weighted by molar-refractivity contribution is 6.76. The van der Waals surface area contributed by atoms with E-state index in [1.165, 1.54) is 0 Å². The molecule has 4 heterocycles. The summed E-state index contributed by atoms with van der Waals surface area (Å²) in [5.74, 6) is 0. The lowest BCUT2D eigenvalue weighted by Crippen LogP contribution is -2.51. The predicted molar refractivity (Wildman–Crippen MR) is 159 cm³/mol. The number of hydrogen-bond donors (Lipinski definition) is 0. The molecule has 0 aliphatic carbocycles. The Morgan fingerprint density at radius 3 is 2.55 bits per heavy atom. The first-order valence-electron chi connectivity index (χ1n) is 14.1. The van der Waals surface area contributed by atoms with E-state index in [0.29, 0.717) is 26.2 Å². The van der Waals surface area contributed by atoms with Crippen molar-refractivity contribution in [2.24, 2.45) is 0 Å². The Balaban J connectivity index is 1.41. The lowest BCUT2D eigenvalue weighted by atomic mass is 10.1. The molecule has 40 heavy (non-hydrogen) atoms. The number of carbonyl (C=O) groups is 1. The highest BCUT2D eigenvalue weighted by Crippen LogP contribution is 2.28. The molecule has 3 aromatic heterocycles. The molecule has 1 aliphatic heterocycles. The minimum atomic E-state index is -1.14. The van der Waals surface area contributed by atoms with Gasteiger partial charge in [-0.1, -0.05) is 19.6 Å². The Bertz CT molecular complexity index is 1320. The van der Waals surface area contributed by atoms with Crippen molar-refractivity contribution in [3.8, 4) is 17.3 Å². The smallest absolute Gasteiger partial charge is 0.410 e. The van der Waals surface area contributed by atoms with Crippen LogP contribution in [0.15, 0.2) is 37.1 Å². The van der Waals surface area contributed by atoms with Gasteiger partial charge >= 0.3 is 6.09 Å². The zero-order valence-corrected chi connectivity index (χ0v) is 25.8. The van der Waals surface area contributed by atoms with E-state index in [2.05, 4.69) is 51.3 Å². The van der Waals surface area contributed by atoms with Crippen molar-refractivity contribution in [1.82, 2.24) is 28.9 Å². The summed E-state index contributed by atoms with van der Waals surface area (Å²) in [6.45, 7) is 17.4. The quantitative estimate of drug-likeness (QED) is 0.245. The summed E-state index contributed by atoms with van der Waals surface area (Å²) >= 11 is 0. The topological polar surface area (TPSA) is 101 Å². The molecule has 0 N–H and O–H groups in total. The normalized spacial score (nSPS) is 15.8. The average Bonchev–Trinajstić information content (AvgIpc) is 3.53. The van der Waals surface area contributed by atoms with Crippen molar-refractivity contribution >= 4 is 25.2 Å². The summed E-state index contributed by atoms with van der Waals surface area (Å²) in [5, 5.41) is 10.5. The van der Waals surface area contributed by atoms with Gasteiger partial charge in [-0.2, -0.15) is 5.26 Å². The van der Waals surface area contributed by atoms with Crippen LogP contribution in [0.25, 0.3) is 22.3 Å². The molecular formula is C29H43N7O3Si. The molecule has 10 nitrogen and oxygen atoms in total. The van der Waals surface area contributed by atoms with Gasteiger partial charge in [-0.15, -0.1) is 0 Å². The van der Waals surface area contributed by atoms with Crippen LogP contribution in [0.2, 0.25) is 25.7 Å². The van der Waals surface area contributed by atoms with E-state index in [1.807, 2.05) is 49.9 Å². The van der Waals surface area contributed by atoms with Gasteiger partial charge in [0.15, 0.2) is 0 Å². The van der Waals surface area contributed by atoms with E-state index in [-0.39, 0.29) is 12.1 Å². The fraction of sp³-hybridized carbons (Fsp3) is 0.586. The molecule has 1 fully saturated rings. The van der Waals surface area contributed by atoms with Crippen LogP contribution >= 0.6 is 0 Å². The van der Waals surface area contributed by atoms with Crippen LogP contribution < -0.4 is 0 Å². The first-order chi connectivity index (χ1) is 18.9. The van der Waals surface area contributed by atoms with Gasteiger partial charge in [-0.05, 0) is 38.9 Å². The molecule has 11 heteroatoms. The number of piperazine rings is 1. The summed E-state index contributed by atoms with van der Waals surface area (Å²) < 4.78 is 15.6. The standard InChI is InChI=1S/C29H43N7O3Si/c1-29(2,3)39-28(37)34-15-13-33(14-16-34)20-24(7-10-30)35-11-8-23(19-35)26-25-9-12-36(27(25)32-21-31-26)22-38-17-18-40(4,5)6/h8-9,11-12,19,21,24H,7,13-18,20,22H2,1-6H3. The maximum atomic E-state index is 12.4. The summed E-state index contributed by atoms with van der Waals surface area (Å²) in [7, 11) is -1.14. The summed E-state index contributed by atoms with van der Waals surface area (Å²) in [6.07, 6.45) is 7.83. The highest BCUT2D eigenvalue weighted by atomic mass is 28.3. The molecule has 1 unspecified atom stereocenters. The molecule has 0 aromatic carbocycles. The van der Waals surface area contributed by atoms with Gasteiger partial charge in [0.2, 0.25) is 0 Å². The Kier molecular flexibility index (Phi) is 9.33. The molecule has 1 atom stereocenters. The number of rotatable bonds is 10. The summed E-state index contributed by atoms with van der Waals surface area (Å²) in [4.78, 5) is 25.6. The van der Waals surface area contributed by atoms with Gasteiger partial charge in [-0.25, -0.2) is 14.8 Å². The summed E-state index contributed by atoms with van der Waals surface area (Å²) in [5.41, 5.74) is 2.20. The number of amides is 1. The third-order valence-corrected chi connectivity index (χ3v) is 8.72. The molecule has 216 valence electrons. The van der Waals surface area contributed by atoms with E-state index in [1.54, 1.807) is 11.2 Å². The van der Waals surface area contributed by atoms with E-state index in [0.717, 1.165) is 54.6 Å². The van der Waals surface area contributed by atoms with Gasteiger partial charge in [0.1, 0.15) is 24.3 Å². The van der Waals surface area contributed by atoms with E-state index in [4.69, 9.17) is 9.47 Å². The fourth-order valence-corrected chi connectivity index (χ4v) is 5.52. The maximum absolute atomic E-state index is 12.4. The van der Waals surface area contributed by atoms with E-state index >= 15 is 0 Å². The number of hydrogen-bond acceptors (Lipinski definition) is 7. The monoisotopic (exact) mass is 565 g/mol. The van der Waals surface area contributed by atoms with Crippen LogP contribution in [0.1, 0.15) is 33.2 Å². The van der Waals surface area contributed by atoms with Crippen LogP contribution in [0, 0.1) is 11.3 Å². The Hall–Kier alpha value is -3.20. The van der Waals surface area contributed by atoms with Gasteiger partial charge < -0.3 is 23.5 Å². The molecule has 0 bridgehead atoms. The van der Waals surface area contributed by atoms with Crippen LogP contribution in [0.4, 0.5) is 4.79 Å². The second-order valence-electron chi connectivity index (χ2n) is 12.7. The third-order valence-electron chi connectivity index (χ3n) is 7.01. The molecule has 4 rings (SSSR count). The minimum Gasteiger partial charge on any atom is -0.444 e. The van der Waals surface area contributed by atoms with E-state index < -0.39 is 13.7 Å². The first kappa shape index (κ1) is 29.8. The van der Waals surface area contributed by atoms with Gasteiger partial charge in [0.05, 0.1) is 24.2 Å². The third kappa shape index (κ3) is 7.93. The van der Waals surface area contributed by atoms with Crippen molar-refractivity contribution in [3.05, 3.63) is 37.1 Å². The lowest BCUT2D eigenvalue weighted by molar-refractivity contribution is 0.0135. The predicted octanol–water partition coefficient (Wildman–Crippen LogP) is 5.22. The van der Waals surface area contributed by atoms with Crippen molar-refractivity contribution < 1.29 is 14.3 Å². The molecule has 0 saturated carbocycles. The highest BCUT2D eigenvalue weighted by Gasteiger charge is 2.27.